The minimum absolute atomic E-state index is 0.0731. The van der Waals surface area contributed by atoms with Crippen molar-refractivity contribution in [3.05, 3.63) is 29.3 Å². The summed E-state index contributed by atoms with van der Waals surface area (Å²) in [6, 6.07) is 4.88. The van der Waals surface area contributed by atoms with Gasteiger partial charge < -0.3 is 9.84 Å². The molecule has 0 atom stereocenters. The van der Waals surface area contributed by atoms with Crippen molar-refractivity contribution < 1.29 is 18.3 Å². The second kappa shape index (κ2) is 7.00. The van der Waals surface area contributed by atoms with Gasteiger partial charge >= 0.3 is 0 Å². The second-order valence-electron chi connectivity index (χ2n) is 4.58. The Balaban J connectivity index is 2.77. The molecule has 0 spiro atoms. The SMILES string of the molecule is Cc1ccc(CO)cc1S(=O)(=O)NCCOC(C)C. The van der Waals surface area contributed by atoms with E-state index < -0.39 is 10.0 Å². The van der Waals surface area contributed by atoms with Crippen molar-refractivity contribution in [3.63, 3.8) is 0 Å². The van der Waals surface area contributed by atoms with Crippen LogP contribution in [0.4, 0.5) is 0 Å². The topological polar surface area (TPSA) is 75.6 Å². The van der Waals surface area contributed by atoms with Crippen molar-refractivity contribution >= 4 is 10.0 Å². The van der Waals surface area contributed by atoms with E-state index in [9.17, 15) is 8.42 Å². The van der Waals surface area contributed by atoms with Crippen molar-refractivity contribution in [2.75, 3.05) is 13.2 Å². The number of aliphatic hydroxyl groups excluding tert-OH is 1. The molecule has 5 nitrogen and oxygen atoms in total. The molecule has 0 heterocycles. The summed E-state index contributed by atoms with van der Waals surface area (Å²) >= 11 is 0. The van der Waals surface area contributed by atoms with Crippen molar-refractivity contribution in [2.45, 2.75) is 38.4 Å². The van der Waals surface area contributed by atoms with Crippen molar-refractivity contribution in [2.24, 2.45) is 0 Å². The maximum Gasteiger partial charge on any atom is 0.240 e. The van der Waals surface area contributed by atoms with Crippen molar-refractivity contribution in [1.82, 2.24) is 4.72 Å². The third kappa shape index (κ3) is 4.91. The van der Waals surface area contributed by atoms with E-state index in [2.05, 4.69) is 4.72 Å². The molecule has 0 aliphatic heterocycles. The maximum atomic E-state index is 12.1. The van der Waals surface area contributed by atoms with Crippen LogP contribution in [0, 0.1) is 6.92 Å². The maximum absolute atomic E-state index is 12.1. The molecule has 108 valence electrons. The van der Waals surface area contributed by atoms with Crippen LogP contribution in [0.3, 0.4) is 0 Å². The smallest absolute Gasteiger partial charge is 0.240 e. The first-order valence-corrected chi connectivity index (χ1v) is 7.67. The normalized spacial score (nSPS) is 12.1. The number of aryl methyl sites for hydroxylation is 1. The summed E-state index contributed by atoms with van der Waals surface area (Å²) in [5.41, 5.74) is 1.22. The van der Waals surface area contributed by atoms with Crippen LogP contribution in [0.5, 0.6) is 0 Å². The Hall–Kier alpha value is -0.950. The quantitative estimate of drug-likeness (QED) is 0.739. The van der Waals surface area contributed by atoms with Crippen LogP contribution in [-0.2, 0) is 21.4 Å². The van der Waals surface area contributed by atoms with Crippen LogP contribution < -0.4 is 4.72 Å². The summed E-state index contributed by atoms with van der Waals surface area (Å²) in [4.78, 5) is 0.198. The average Bonchev–Trinajstić information content (AvgIpc) is 2.35. The fourth-order valence-electron chi connectivity index (χ4n) is 1.58. The van der Waals surface area contributed by atoms with E-state index in [0.717, 1.165) is 0 Å². The molecule has 0 saturated heterocycles. The van der Waals surface area contributed by atoms with E-state index >= 15 is 0 Å². The fourth-order valence-corrected chi connectivity index (χ4v) is 2.89. The van der Waals surface area contributed by atoms with Crippen LogP contribution >= 0.6 is 0 Å². The molecule has 1 aromatic carbocycles. The van der Waals surface area contributed by atoms with Gasteiger partial charge in [0, 0.05) is 6.54 Å². The molecule has 0 aliphatic rings. The highest BCUT2D eigenvalue weighted by Gasteiger charge is 2.16. The molecule has 0 fully saturated rings. The van der Waals surface area contributed by atoms with Gasteiger partial charge in [-0.05, 0) is 38.0 Å². The van der Waals surface area contributed by atoms with Gasteiger partial charge in [-0.25, -0.2) is 13.1 Å². The third-order valence-corrected chi connectivity index (χ3v) is 4.17. The zero-order valence-corrected chi connectivity index (χ0v) is 12.3. The summed E-state index contributed by atoms with van der Waals surface area (Å²) in [6.07, 6.45) is 0.0731. The molecule has 0 aliphatic carbocycles. The Labute approximate surface area is 114 Å². The van der Waals surface area contributed by atoms with Gasteiger partial charge in [0.15, 0.2) is 0 Å². The number of aliphatic hydroxyl groups is 1. The van der Waals surface area contributed by atoms with Gasteiger partial charge in [-0.3, -0.25) is 0 Å². The zero-order valence-electron chi connectivity index (χ0n) is 11.5. The zero-order chi connectivity index (χ0) is 14.5. The molecule has 6 heteroatoms. The first-order valence-electron chi connectivity index (χ1n) is 6.18. The summed E-state index contributed by atoms with van der Waals surface area (Å²) in [6.45, 7) is 5.88. The van der Waals surface area contributed by atoms with Gasteiger partial charge in [0.2, 0.25) is 10.0 Å². The monoisotopic (exact) mass is 287 g/mol. The minimum atomic E-state index is -3.56. The summed E-state index contributed by atoms with van der Waals surface area (Å²) in [5, 5.41) is 9.06. The Bertz CT molecular complexity index is 511. The van der Waals surface area contributed by atoms with Crippen LogP contribution in [-0.4, -0.2) is 32.8 Å². The van der Waals surface area contributed by atoms with E-state index in [-0.39, 0.29) is 24.2 Å². The summed E-state index contributed by atoms with van der Waals surface area (Å²) in [5.74, 6) is 0. The molecule has 0 aromatic heterocycles. The summed E-state index contributed by atoms with van der Waals surface area (Å²) < 4.78 is 32.0. The van der Waals surface area contributed by atoms with Gasteiger partial charge in [0.1, 0.15) is 0 Å². The van der Waals surface area contributed by atoms with E-state index in [0.29, 0.717) is 17.7 Å². The lowest BCUT2D eigenvalue weighted by atomic mass is 10.2. The van der Waals surface area contributed by atoms with E-state index in [1.165, 1.54) is 6.07 Å². The molecule has 0 unspecified atom stereocenters. The number of benzene rings is 1. The van der Waals surface area contributed by atoms with Gasteiger partial charge in [0.25, 0.3) is 0 Å². The van der Waals surface area contributed by atoms with Gasteiger partial charge in [-0.1, -0.05) is 12.1 Å². The number of sulfonamides is 1. The standard InChI is InChI=1S/C13H21NO4S/c1-10(2)18-7-6-14-19(16,17)13-8-12(9-15)5-4-11(13)3/h4-5,8,10,14-15H,6-7,9H2,1-3H3. The first-order chi connectivity index (χ1) is 8.86. The van der Waals surface area contributed by atoms with Crippen LogP contribution in [0.25, 0.3) is 0 Å². The molecular formula is C13H21NO4S. The molecule has 1 aromatic rings. The number of hydrogen-bond acceptors (Lipinski definition) is 4. The first kappa shape index (κ1) is 16.1. The molecule has 2 N–H and O–H groups in total. The molecule has 0 bridgehead atoms. The fraction of sp³-hybridized carbons (Fsp3) is 0.538. The predicted octanol–water partition coefficient (Wildman–Crippen LogP) is 1.19. The van der Waals surface area contributed by atoms with Crippen molar-refractivity contribution in [3.8, 4) is 0 Å². The van der Waals surface area contributed by atoms with Gasteiger partial charge in [0.05, 0.1) is 24.2 Å². The molecule has 19 heavy (non-hydrogen) atoms. The number of hydrogen-bond donors (Lipinski definition) is 2. The number of nitrogens with one attached hydrogen (secondary N) is 1. The molecule has 0 radical (unpaired) electrons. The average molecular weight is 287 g/mol. The van der Waals surface area contributed by atoms with Gasteiger partial charge in [-0.15, -0.1) is 0 Å². The lowest BCUT2D eigenvalue weighted by Crippen LogP contribution is -2.28. The Morgan fingerprint density at radius 3 is 2.63 bits per heavy atom. The Morgan fingerprint density at radius 1 is 1.37 bits per heavy atom. The molecule has 1 rings (SSSR count). The summed E-state index contributed by atoms with van der Waals surface area (Å²) in [7, 11) is -3.56. The minimum Gasteiger partial charge on any atom is -0.392 e. The van der Waals surface area contributed by atoms with Gasteiger partial charge in [-0.2, -0.15) is 0 Å². The van der Waals surface area contributed by atoms with Crippen LogP contribution in [0.15, 0.2) is 23.1 Å². The van der Waals surface area contributed by atoms with E-state index in [1.54, 1.807) is 19.1 Å². The number of ether oxygens (including phenoxy) is 1. The highest BCUT2D eigenvalue weighted by molar-refractivity contribution is 7.89. The van der Waals surface area contributed by atoms with Crippen molar-refractivity contribution in [1.29, 1.82) is 0 Å². The highest BCUT2D eigenvalue weighted by atomic mass is 32.2. The third-order valence-electron chi connectivity index (χ3n) is 2.57. The molecule has 0 saturated carbocycles. The largest absolute Gasteiger partial charge is 0.392 e. The predicted molar refractivity (Wildman–Crippen MR) is 73.4 cm³/mol. The molecule has 0 amide bonds. The van der Waals surface area contributed by atoms with Crippen LogP contribution in [0.1, 0.15) is 25.0 Å². The Morgan fingerprint density at radius 2 is 2.05 bits per heavy atom. The lowest BCUT2D eigenvalue weighted by Gasteiger charge is -2.11. The lowest BCUT2D eigenvalue weighted by molar-refractivity contribution is 0.0834. The number of rotatable bonds is 7. The second-order valence-corrected chi connectivity index (χ2v) is 6.31. The Kier molecular flexibility index (Phi) is 5.93. The highest BCUT2D eigenvalue weighted by Crippen LogP contribution is 2.16. The molecular weight excluding hydrogens is 266 g/mol. The van der Waals surface area contributed by atoms with E-state index in [4.69, 9.17) is 9.84 Å². The van der Waals surface area contributed by atoms with Crippen LogP contribution in [0.2, 0.25) is 0 Å². The van der Waals surface area contributed by atoms with E-state index in [1.807, 2.05) is 13.8 Å².